The minimum absolute atomic E-state index is 0.0149. The molecule has 0 unspecified atom stereocenters. The molecule has 0 bridgehead atoms. The number of ether oxygens (including phenoxy) is 2. The summed E-state index contributed by atoms with van der Waals surface area (Å²) in [6.07, 6.45) is -1.86. The number of aromatic amines is 1. The number of H-pyrrole nitrogens is 1. The first-order valence-corrected chi connectivity index (χ1v) is 10.9. The fourth-order valence-electron chi connectivity index (χ4n) is 4.76. The first-order chi connectivity index (χ1) is 16.8. The number of nitrogens with one attached hydrogen (secondary N) is 1. The number of carbonyl (C=O) groups is 1. The molecular formula is C25H17F4N3O3. The van der Waals surface area contributed by atoms with Gasteiger partial charge in [0, 0.05) is 42.5 Å². The summed E-state index contributed by atoms with van der Waals surface area (Å²) in [5.41, 5.74) is 0.913. The van der Waals surface area contributed by atoms with Crippen LogP contribution in [0.4, 0.5) is 17.6 Å². The van der Waals surface area contributed by atoms with Gasteiger partial charge in [-0.15, -0.1) is 0 Å². The van der Waals surface area contributed by atoms with E-state index in [0.29, 0.717) is 28.7 Å². The van der Waals surface area contributed by atoms with Crippen LogP contribution in [-0.2, 0) is 17.4 Å². The highest BCUT2D eigenvalue weighted by Crippen LogP contribution is 2.60. The summed E-state index contributed by atoms with van der Waals surface area (Å²) in [5, 5.41) is 0. The van der Waals surface area contributed by atoms with Gasteiger partial charge in [0.05, 0.1) is 11.9 Å². The summed E-state index contributed by atoms with van der Waals surface area (Å²) in [6, 6.07) is 9.87. The third-order valence-electron chi connectivity index (χ3n) is 6.42. The molecule has 4 aromatic rings. The number of hydrogen-bond acceptors (Lipinski definition) is 5. The lowest BCUT2D eigenvalue weighted by Crippen LogP contribution is -2.11. The molecule has 2 aliphatic rings. The minimum Gasteiger partial charge on any atom is -0.489 e. The maximum absolute atomic E-state index is 13.5. The molecule has 6 nitrogen and oxygen atoms in total. The fraction of sp³-hybridized carbons (Fsp3) is 0.240. The molecule has 3 heterocycles. The van der Waals surface area contributed by atoms with E-state index in [9.17, 15) is 22.4 Å². The molecule has 1 fully saturated rings. The average Bonchev–Trinajstić information content (AvgIpc) is 3.14. The van der Waals surface area contributed by atoms with Gasteiger partial charge >= 0.3 is 6.18 Å². The van der Waals surface area contributed by atoms with E-state index >= 15 is 0 Å². The Hall–Kier alpha value is -3.95. The van der Waals surface area contributed by atoms with Crippen LogP contribution in [0.25, 0.3) is 11.2 Å². The van der Waals surface area contributed by atoms with E-state index in [4.69, 9.17) is 9.47 Å². The topological polar surface area (TPSA) is 77.1 Å². The van der Waals surface area contributed by atoms with Gasteiger partial charge in [-0.25, -0.2) is 14.4 Å². The van der Waals surface area contributed by atoms with E-state index in [1.807, 2.05) is 12.1 Å². The number of imidazole rings is 1. The zero-order valence-corrected chi connectivity index (χ0v) is 18.0. The van der Waals surface area contributed by atoms with Gasteiger partial charge in [-0.2, -0.15) is 13.2 Å². The normalized spacial score (nSPS) is 20.3. The second kappa shape index (κ2) is 7.79. The Balaban J connectivity index is 1.14. The Labute approximate surface area is 195 Å². The largest absolute Gasteiger partial charge is 0.489 e. The number of halogens is 4. The van der Waals surface area contributed by atoms with Gasteiger partial charge in [0.1, 0.15) is 34.7 Å². The van der Waals surface area contributed by atoms with Crippen molar-refractivity contribution in [3.63, 3.8) is 0 Å². The SMILES string of the molecule is O=C(Cc1ccc(F)c(C(F)(F)F)c1)C[C@@H]1[C@H]2Oc3ccc(Oc4ccnc5nc[nH]c45)cc3[C@@H]12. The molecule has 3 atom stereocenters. The third-order valence-corrected chi connectivity index (χ3v) is 6.42. The molecule has 35 heavy (non-hydrogen) atoms. The highest BCUT2D eigenvalue weighted by molar-refractivity contribution is 5.82. The highest BCUT2D eigenvalue weighted by atomic mass is 19.4. The number of Topliss-reactive ketones (excluding diaryl/α,β-unsaturated/α-hetero) is 1. The summed E-state index contributed by atoms with van der Waals surface area (Å²) in [6.45, 7) is 0. The molecule has 0 amide bonds. The molecule has 1 N–H and O–H groups in total. The molecule has 10 heteroatoms. The van der Waals surface area contributed by atoms with Crippen molar-refractivity contribution in [3.05, 3.63) is 77.5 Å². The average molecular weight is 483 g/mol. The van der Waals surface area contributed by atoms with Crippen LogP contribution in [0.3, 0.4) is 0 Å². The van der Waals surface area contributed by atoms with Crippen molar-refractivity contribution >= 4 is 16.9 Å². The zero-order chi connectivity index (χ0) is 24.3. The molecule has 0 saturated heterocycles. The number of carbonyl (C=O) groups excluding carboxylic acids is 1. The third kappa shape index (κ3) is 3.88. The van der Waals surface area contributed by atoms with Crippen LogP contribution < -0.4 is 9.47 Å². The molecule has 0 radical (unpaired) electrons. The Bertz CT molecular complexity index is 1470. The maximum Gasteiger partial charge on any atom is 0.419 e. The number of aromatic nitrogens is 3. The van der Waals surface area contributed by atoms with E-state index in [1.54, 1.807) is 18.3 Å². The number of nitrogens with zero attached hydrogens (tertiary/aromatic N) is 2. The van der Waals surface area contributed by atoms with Crippen molar-refractivity contribution in [2.45, 2.75) is 31.0 Å². The highest BCUT2D eigenvalue weighted by Gasteiger charge is 2.59. The van der Waals surface area contributed by atoms with Crippen molar-refractivity contribution in [1.29, 1.82) is 0 Å². The van der Waals surface area contributed by atoms with Crippen molar-refractivity contribution in [2.75, 3.05) is 0 Å². The first-order valence-electron chi connectivity index (χ1n) is 10.9. The molecule has 1 aliphatic carbocycles. The van der Waals surface area contributed by atoms with E-state index < -0.39 is 17.6 Å². The van der Waals surface area contributed by atoms with E-state index in [1.165, 1.54) is 12.4 Å². The fourth-order valence-corrected chi connectivity index (χ4v) is 4.76. The number of alkyl halides is 3. The van der Waals surface area contributed by atoms with Crippen LogP contribution >= 0.6 is 0 Å². The molecule has 178 valence electrons. The minimum atomic E-state index is -4.81. The number of rotatable bonds is 6. The van der Waals surface area contributed by atoms with Crippen molar-refractivity contribution in [3.8, 4) is 17.2 Å². The quantitative estimate of drug-likeness (QED) is 0.362. The number of ketones is 1. The second-order valence-corrected chi connectivity index (χ2v) is 8.72. The number of pyridine rings is 1. The molecule has 6 rings (SSSR count). The summed E-state index contributed by atoms with van der Waals surface area (Å²) >= 11 is 0. The van der Waals surface area contributed by atoms with E-state index in [-0.39, 0.29) is 42.1 Å². The summed E-state index contributed by atoms with van der Waals surface area (Å²) < 4.78 is 64.4. The molecular weight excluding hydrogens is 466 g/mol. The van der Waals surface area contributed by atoms with Crippen molar-refractivity contribution < 1.29 is 31.8 Å². The van der Waals surface area contributed by atoms with Crippen LogP contribution in [0.15, 0.2) is 55.0 Å². The predicted molar refractivity (Wildman–Crippen MR) is 116 cm³/mol. The van der Waals surface area contributed by atoms with E-state index in [2.05, 4.69) is 15.0 Å². The first kappa shape index (κ1) is 21.6. The standard InChI is InChI=1S/C25H17F4N3O3/c26-18-3-1-12(8-17(18)25(27,28)29)7-13(33)9-16-21-15-10-14(2-4-19(15)35-23(16)21)34-20-5-6-30-24-22(20)31-11-32-24/h1-6,8,10-11,16,21,23H,7,9H2,(H,30,31,32)/t16-,21-,23+/m0/s1. The predicted octanol–water partition coefficient (Wildman–Crippen LogP) is 5.58. The Kier molecular flexibility index (Phi) is 4.80. The molecule has 0 spiro atoms. The summed E-state index contributed by atoms with van der Waals surface area (Å²) in [5.74, 6) is 0.273. The van der Waals surface area contributed by atoms with Crippen molar-refractivity contribution in [1.82, 2.24) is 15.0 Å². The smallest absolute Gasteiger partial charge is 0.419 e. The zero-order valence-electron chi connectivity index (χ0n) is 18.0. The van der Waals surface area contributed by atoms with Gasteiger partial charge in [0.15, 0.2) is 11.4 Å². The maximum atomic E-state index is 13.5. The molecule has 1 aliphatic heterocycles. The Morgan fingerprint density at radius 3 is 2.80 bits per heavy atom. The van der Waals surface area contributed by atoms with Gasteiger partial charge < -0.3 is 14.5 Å². The Morgan fingerprint density at radius 1 is 1.11 bits per heavy atom. The molecule has 1 saturated carbocycles. The Morgan fingerprint density at radius 2 is 1.97 bits per heavy atom. The van der Waals surface area contributed by atoms with Crippen LogP contribution in [0, 0.1) is 11.7 Å². The lowest BCUT2D eigenvalue weighted by molar-refractivity contribution is -0.140. The number of benzene rings is 2. The number of fused-ring (bicyclic) bond motifs is 4. The van der Waals surface area contributed by atoms with Gasteiger partial charge in [0.2, 0.25) is 0 Å². The summed E-state index contributed by atoms with van der Waals surface area (Å²) in [7, 11) is 0. The van der Waals surface area contributed by atoms with E-state index in [0.717, 1.165) is 17.4 Å². The van der Waals surface area contributed by atoms with Crippen LogP contribution in [0.5, 0.6) is 17.2 Å². The van der Waals surface area contributed by atoms with Gasteiger partial charge in [-0.05, 0) is 35.9 Å². The monoisotopic (exact) mass is 483 g/mol. The van der Waals surface area contributed by atoms with Gasteiger partial charge in [-0.3, -0.25) is 4.79 Å². The van der Waals surface area contributed by atoms with Crippen LogP contribution in [0.1, 0.15) is 29.0 Å². The molecule has 2 aromatic heterocycles. The summed E-state index contributed by atoms with van der Waals surface area (Å²) in [4.78, 5) is 23.9. The molecule has 2 aromatic carbocycles. The lowest BCUT2D eigenvalue weighted by atomic mass is 10.00. The van der Waals surface area contributed by atoms with Crippen LogP contribution in [-0.4, -0.2) is 26.8 Å². The second-order valence-electron chi connectivity index (χ2n) is 8.72. The number of hydrogen-bond donors (Lipinski definition) is 1. The lowest BCUT2D eigenvalue weighted by Gasteiger charge is -2.12. The van der Waals surface area contributed by atoms with Gasteiger partial charge in [0.25, 0.3) is 0 Å². The van der Waals surface area contributed by atoms with Gasteiger partial charge in [-0.1, -0.05) is 6.07 Å². The van der Waals surface area contributed by atoms with Crippen LogP contribution in [0.2, 0.25) is 0 Å². The van der Waals surface area contributed by atoms with Crippen molar-refractivity contribution in [2.24, 2.45) is 5.92 Å².